The first-order chi connectivity index (χ1) is 9.61. The first kappa shape index (κ1) is 13.0. The molecular weight excluding hydrogens is 320 g/mol. The highest BCUT2D eigenvalue weighted by Gasteiger charge is 2.15. The molecule has 0 amide bonds. The molecule has 0 saturated heterocycles. The highest BCUT2D eigenvalue weighted by Crippen LogP contribution is 2.37. The number of aryl methyl sites for hydroxylation is 1. The predicted octanol–water partition coefficient (Wildman–Crippen LogP) is 3.72. The predicted molar refractivity (Wildman–Crippen MR) is 82.1 cm³/mol. The van der Waals surface area contributed by atoms with Crippen LogP contribution in [0, 0.1) is 0 Å². The molecule has 1 aromatic heterocycles. The minimum absolute atomic E-state index is 0.104. The summed E-state index contributed by atoms with van der Waals surface area (Å²) in [6, 6.07) is 11.3. The lowest BCUT2D eigenvalue weighted by Crippen LogP contribution is -1.94. The van der Waals surface area contributed by atoms with Crippen molar-refractivity contribution in [2.24, 2.45) is 7.05 Å². The van der Waals surface area contributed by atoms with Gasteiger partial charge in [-0.05, 0) is 30.3 Å². The van der Waals surface area contributed by atoms with Crippen molar-refractivity contribution in [2.75, 3.05) is 7.11 Å². The van der Waals surface area contributed by atoms with Crippen LogP contribution >= 0.6 is 15.9 Å². The van der Waals surface area contributed by atoms with Crippen LogP contribution in [0.4, 0.5) is 0 Å². The molecule has 4 nitrogen and oxygen atoms in total. The van der Waals surface area contributed by atoms with Crippen molar-refractivity contribution in [2.45, 2.75) is 0 Å². The maximum atomic E-state index is 10.3. The van der Waals surface area contributed by atoms with Crippen LogP contribution in [0.2, 0.25) is 0 Å². The zero-order chi connectivity index (χ0) is 14.3. The zero-order valence-electron chi connectivity index (χ0n) is 11.1. The van der Waals surface area contributed by atoms with Gasteiger partial charge in [0, 0.05) is 11.5 Å². The topological polar surface area (TPSA) is 47.3 Å². The first-order valence-electron chi connectivity index (χ1n) is 6.10. The third kappa shape index (κ3) is 1.94. The number of hydrogen-bond acceptors (Lipinski definition) is 3. The molecule has 102 valence electrons. The number of halogens is 1. The Morgan fingerprint density at radius 1 is 1.25 bits per heavy atom. The zero-order valence-corrected chi connectivity index (χ0v) is 12.7. The molecule has 0 aliphatic heterocycles. The fraction of sp³-hybridized carbons (Fsp3) is 0.133. The van der Waals surface area contributed by atoms with E-state index in [1.54, 1.807) is 6.07 Å². The van der Waals surface area contributed by atoms with Crippen molar-refractivity contribution in [3.63, 3.8) is 0 Å². The lowest BCUT2D eigenvalue weighted by molar-refractivity contribution is 0.374. The van der Waals surface area contributed by atoms with E-state index < -0.39 is 0 Å². The number of nitrogens with zero attached hydrogens (tertiary/aromatic N) is 2. The summed E-state index contributed by atoms with van der Waals surface area (Å²) in [4.78, 5) is 4.60. The molecule has 2 aromatic carbocycles. The van der Waals surface area contributed by atoms with E-state index in [1.165, 1.54) is 7.11 Å². The summed E-state index contributed by atoms with van der Waals surface area (Å²) in [5, 5.41) is 10.3. The minimum Gasteiger partial charge on any atom is -0.504 e. The van der Waals surface area contributed by atoms with Gasteiger partial charge in [-0.1, -0.05) is 22.0 Å². The van der Waals surface area contributed by atoms with Crippen LogP contribution in [-0.4, -0.2) is 21.8 Å². The van der Waals surface area contributed by atoms with E-state index >= 15 is 0 Å². The van der Waals surface area contributed by atoms with Gasteiger partial charge in [0.25, 0.3) is 0 Å². The fourth-order valence-electron chi connectivity index (χ4n) is 2.28. The number of para-hydroxylation sites is 1. The van der Waals surface area contributed by atoms with Gasteiger partial charge in [-0.25, -0.2) is 4.98 Å². The van der Waals surface area contributed by atoms with Crippen LogP contribution in [0.25, 0.3) is 22.4 Å². The van der Waals surface area contributed by atoms with Gasteiger partial charge in [0.1, 0.15) is 5.82 Å². The normalized spacial score (nSPS) is 10.9. The van der Waals surface area contributed by atoms with Crippen LogP contribution in [0.1, 0.15) is 0 Å². The van der Waals surface area contributed by atoms with Crippen molar-refractivity contribution in [1.82, 2.24) is 9.55 Å². The number of rotatable bonds is 2. The smallest absolute Gasteiger partial charge is 0.168 e. The van der Waals surface area contributed by atoms with Gasteiger partial charge in [-0.2, -0.15) is 0 Å². The molecule has 0 bridgehead atoms. The Morgan fingerprint density at radius 3 is 2.80 bits per heavy atom. The minimum atomic E-state index is 0.104. The Hall–Kier alpha value is -2.01. The largest absolute Gasteiger partial charge is 0.504 e. The molecule has 20 heavy (non-hydrogen) atoms. The number of hydrogen-bond donors (Lipinski definition) is 1. The van der Waals surface area contributed by atoms with Crippen LogP contribution in [-0.2, 0) is 7.05 Å². The van der Waals surface area contributed by atoms with Gasteiger partial charge in [0.05, 0.1) is 23.7 Å². The molecule has 0 fully saturated rings. The maximum absolute atomic E-state index is 10.3. The summed E-state index contributed by atoms with van der Waals surface area (Å²) in [6.07, 6.45) is 0. The molecule has 0 aliphatic carbocycles. The number of benzene rings is 2. The molecule has 0 saturated carbocycles. The van der Waals surface area contributed by atoms with Crippen molar-refractivity contribution in [1.29, 1.82) is 0 Å². The van der Waals surface area contributed by atoms with E-state index in [2.05, 4.69) is 20.9 Å². The second-order valence-electron chi connectivity index (χ2n) is 4.48. The van der Waals surface area contributed by atoms with Crippen molar-refractivity contribution in [3.05, 3.63) is 40.9 Å². The van der Waals surface area contributed by atoms with Crippen molar-refractivity contribution >= 4 is 27.0 Å². The molecule has 1 heterocycles. The Morgan fingerprint density at radius 2 is 2.05 bits per heavy atom. The Balaban J connectivity index is 2.27. The summed E-state index contributed by atoms with van der Waals surface area (Å²) < 4.78 is 8.08. The van der Waals surface area contributed by atoms with Crippen LogP contribution in [0.15, 0.2) is 40.9 Å². The quantitative estimate of drug-likeness (QED) is 0.778. The maximum Gasteiger partial charge on any atom is 0.168 e. The fourth-order valence-corrected chi connectivity index (χ4v) is 2.63. The number of aromatic nitrogens is 2. The van der Waals surface area contributed by atoms with E-state index in [4.69, 9.17) is 4.74 Å². The highest BCUT2D eigenvalue weighted by atomic mass is 79.9. The van der Waals surface area contributed by atoms with Crippen LogP contribution < -0.4 is 4.74 Å². The van der Waals surface area contributed by atoms with Gasteiger partial charge in [-0.15, -0.1) is 0 Å². The number of imidazole rings is 1. The molecule has 0 unspecified atom stereocenters. The highest BCUT2D eigenvalue weighted by molar-refractivity contribution is 9.10. The lowest BCUT2D eigenvalue weighted by Gasteiger charge is -2.08. The molecule has 0 spiro atoms. The summed E-state index contributed by atoms with van der Waals surface area (Å²) in [5.74, 6) is 1.25. The van der Waals surface area contributed by atoms with Gasteiger partial charge >= 0.3 is 0 Å². The SMILES string of the molecule is COc1cccc(-c2nc3cc(Br)ccc3n2C)c1O. The number of methoxy groups -OCH3 is 1. The Labute approximate surface area is 124 Å². The van der Waals surface area contributed by atoms with Crippen LogP contribution in [0.3, 0.4) is 0 Å². The molecule has 0 aliphatic rings. The Bertz CT molecular complexity index is 796. The van der Waals surface area contributed by atoms with Crippen LogP contribution in [0.5, 0.6) is 11.5 Å². The number of fused-ring (bicyclic) bond motifs is 1. The summed E-state index contributed by atoms with van der Waals surface area (Å²) in [5.41, 5.74) is 2.53. The summed E-state index contributed by atoms with van der Waals surface area (Å²) in [6.45, 7) is 0. The van der Waals surface area contributed by atoms with Gasteiger partial charge in [0.15, 0.2) is 11.5 Å². The van der Waals surface area contributed by atoms with Gasteiger partial charge in [-0.3, -0.25) is 0 Å². The number of ether oxygens (including phenoxy) is 1. The second kappa shape index (κ2) is 4.83. The third-order valence-electron chi connectivity index (χ3n) is 3.30. The summed E-state index contributed by atoms with van der Waals surface area (Å²) >= 11 is 3.44. The number of aromatic hydroxyl groups is 1. The van der Waals surface area contributed by atoms with E-state index in [0.717, 1.165) is 15.5 Å². The average Bonchev–Trinajstić information content (AvgIpc) is 2.75. The molecule has 3 aromatic rings. The molecular formula is C15H13BrN2O2. The Kier molecular flexibility index (Phi) is 3.14. The average molecular weight is 333 g/mol. The molecule has 0 radical (unpaired) electrons. The van der Waals surface area contributed by atoms with E-state index in [9.17, 15) is 5.11 Å². The summed E-state index contributed by atoms with van der Waals surface area (Å²) in [7, 11) is 3.46. The first-order valence-corrected chi connectivity index (χ1v) is 6.89. The van der Waals surface area contributed by atoms with E-state index in [1.807, 2.05) is 41.9 Å². The van der Waals surface area contributed by atoms with E-state index in [0.29, 0.717) is 17.1 Å². The molecule has 0 atom stereocenters. The van der Waals surface area contributed by atoms with E-state index in [-0.39, 0.29) is 5.75 Å². The lowest BCUT2D eigenvalue weighted by atomic mass is 10.1. The third-order valence-corrected chi connectivity index (χ3v) is 3.80. The monoisotopic (exact) mass is 332 g/mol. The van der Waals surface area contributed by atoms with Gasteiger partial charge < -0.3 is 14.4 Å². The molecule has 1 N–H and O–H groups in total. The second-order valence-corrected chi connectivity index (χ2v) is 5.40. The van der Waals surface area contributed by atoms with Crippen molar-refractivity contribution < 1.29 is 9.84 Å². The molecule has 5 heteroatoms. The standard InChI is InChI=1S/C15H13BrN2O2/c1-18-12-7-6-9(16)8-11(12)17-15(18)10-4-3-5-13(20-2)14(10)19/h3-8,19H,1-2H3. The van der Waals surface area contributed by atoms with Crippen molar-refractivity contribution in [3.8, 4) is 22.9 Å². The number of phenols is 1. The molecule has 3 rings (SSSR count). The van der Waals surface area contributed by atoms with Gasteiger partial charge in [0.2, 0.25) is 0 Å². The number of phenolic OH excluding ortho intramolecular Hbond substituents is 1.